The SMILES string of the molecule is CCn1nc(C)c2nc(SCC(=O)NC(C)C)n(Cc3cccc(OC)c3)c(=O)c21. The number of nitrogens with one attached hydrogen (secondary N) is 1. The molecule has 0 aliphatic carbocycles. The average molecular weight is 430 g/mol. The highest BCUT2D eigenvalue weighted by Gasteiger charge is 2.19. The molecule has 0 aliphatic rings. The molecule has 30 heavy (non-hydrogen) atoms. The summed E-state index contributed by atoms with van der Waals surface area (Å²) in [5.41, 5.74) is 2.50. The van der Waals surface area contributed by atoms with Crippen LogP contribution in [0.1, 0.15) is 32.0 Å². The van der Waals surface area contributed by atoms with Gasteiger partial charge in [-0.2, -0.15) is 5.10 Å². The molecule has 0 saturated heterocycles. The molecule has 0 saturated carbocycles. The van der Waals surface area contributed by atoms with Crippen LogP contribution in [0, 0.1) is 6.92 Å². The number of rotatable bonds is 8. The summed E-state index contributed by atoms with van der Waals surface area (Å²) < 4.78 is 8.60. The second-order valence-corrected chi connectivity index (χ2v) is 8.19. The van der Waals surface area contributed by atoms with Crippen molar-refractivity contribution in [1.29, 1.82) is 0 Å². The van der Waals surface area contributed by atoms with E-state index in [1.165, 1.54) is 11.8 Å². The van der Waals surface area contributed by atoms with Crippen molar-refractivity contribution in [2.24, 2.45) is 0 Å². The summed E-state index contributed by atoms with van der Waals surface area (Å²) in [6.07, 6.45) is 0. The molecule has 1 N–H and O–H groups in total. The lowest BCUT2D eigenvalue weighted by Gasteiger charge is -2.14. The van der Waals surface area contributed by atoms with Crippen molar-refractivity contribution in [3.05, 3.63) is 45.9 Å². The van der Waals surface area contributed by atoms with Crippen LogP contribution in [0.5, 0.6) is 5.75 Å². The fourth-order valence-electron chi connectivity index (χ4n) is 3.21. The molecule has 0 atom stereocenters. The van der Waals surface area contributed by atoms with Crippen molar-refractivity contribution in [3.8, 4) is 5.75 Å². The molecule has 2 heterocycles. The van der Waals surface area contributed by atoms with Crippen molar-refractivity contribution in [2.75, 3.05) is 12.9 Å². The van der Waals surface area contributed by atoms with Crippen LogP contribution < -0.4 is 15.6 Å². The summed E-state index contributed by atoms with van der Waals surface area (Å²) in [5, 5.41) is 7.81. The normalized spacial score (nSPS) is 11.3. The Morgan fingerprint density at radius 1 is 1.33 bits per heavy atom. The van der Waals surface area contributed by atoms with Crippen molar-refractivity contribution in [3.63, 3.8) is 0 Å². The second-order valence-electron chi connectivity index (χ2n) is 7.25. The van der Waals surface area contributed by atoms with Crippen LogP contribution >= 0.6 is 11.8 Å². The molecule has 9 heteroatoms. The number of ether oxygens (including phenoxy) is 1. The largest absolute Gasteiger partial charge is 0.497 e. The van der Waals surface area contributed by atoms with Crippen LogP contribution in [0.2, 0.25) is 0 Å². The second kappa shape index (κ2) is 9.34. The monoisotopic (exact) mass is 429 g/mol. The maximum absolute atomic E-state index is 13.4. The highest BCUT2D eigenvalue weighted by Crippen LogP contribution is 2.22. The van der Waals surface area contributed by atoms with Gasteiger partial charge in [0, 0.05) is 12.6 Å². The molecule has 0 radical (unpaired) electrons. The zero-order chi connectivity index (χ0) is 21.8. The topological polar surface area (TPSA) is 91.0 Å². The molecule has 3 aromatic rings. The maximum atomic E-state index is 13.4. The molecule has 0 unspecified atom stereocenters. The lowest BCUT2D eigenvalue weighted by Crippen LogP contribution is -2.32. The van der Waals surface area contributed by atoms with E-state index < -0.39 is 0 Å². The summed E-state index contributed by atoms with van der Waals surface area (Å²) in [7, 11) is 1.61. The van der Waals surface area contributed by atoms with Gasteiger partial charge in [0.1, 0.15) is 11.3 Å². The summed E-state index contributed by atoms with van der Waals surface area (Å²) in [5.74, 6) is 0.794. The van der Waals surface area contributed by atoms with Crippen molar-refractivity contribution in [1.82, 2.24) is 24.6 Å². The first-order valence-electron chi connectivity index (χ1n) is 9.87. The number of benzene rings is 1. The van der Waals surface area contributed by atoms with Gasteiger partial charge in [0.15, 0.2) is 10.7 Å². The third-order valence-electron chi connectivity index (χ3n) is 4.54. The minimum absolute atomic E-state index is 0.0533. The Bertz CT molecular complexity index is 1120. The van der Waals surface area contributed by atoms with E-state index in [4.69, 9.17) is 9.72 Å². The first kappa shape index (κ1) is 21.9. The number of methoxy groups -OCH3 is 1. The predicted molar refractivity (Wildman–Crippen MR) is 118 cm³/mol. The number of hydrogen-bond acceptors (Lipinski definition) is 6. The van der Waals surface area contributed by atoms with Gasteiger partial charge in [0.25, 0.3) is 5.56 Å². The zero-order valence-corrected chi connectivity index (χ0v) is 18.7. The van der Waals surface area contributed by atoms with E-state index >= 15 is 0 Å². The molecule has 2 aromatic heterocycles. The lowest BCUT2D eigenvalue weighted by molar-refractivity contribution is -0.119. The number of thioether (sulfide) groups is 1. The molecule has 160 valence electrons. The number of aromatic nitrogens is 4. The summed E-state index contributed by atoms with van der Waals surface area (Å²) in [6, 6.07) is 7.61. The Morgan fingerprint density at radius 3 is 2.77 bits per heavy atom. The Hall–Kier alpha value is -2.81. The van der Waals surface area contributed by atoms with Gasteiger partial charge in [-0.25, -0.2) is 4.98 Å². The van der Waals surface area contributed by atoms with Gasteiger partial charge in [-0.3, -0.25) is 18.8 Å². The van der Waals surface area contributed by atoms with Gasteiger partial charge in [-0.1, -0.05) is 23.9 Å². The van der Waals surface area contributed by atoms with Crippen molar-refractivity contribution in [2.45, 2.75) is 52.0 Å². The molecule has 8 nitrogen and oxygen atoms in total. The van der Waals surface area contributed by atoms with E-state index in [1.54, 1.807) is 16.4 Å². The number of fused-ring (bicyclic) bond motifs is 1. The minimum Gasteiger partial charge on any atom is -0.497 e. The maximum Gasteiger partial charge on any atom is 0.280 e. The van der Waals surface area contributed by atoms with Gasteiger partial charge < -0.3 is 10.1 Å². The number of hydrogen-bond donors (Lipinski definition) is 1. The third kappa shape index (κ3) is 4.67. The highest BCUT2D eigenvalue weighted by atomic mass is 32.2. The smallest absolute Gasteiger partial charge is 0.280 e. The Kier molecular flexibility index (Phi) is 6.81. The Labute approximate surface area is 179 Å². The van der Waals surface area contributed by atoms with E-state index in [0.29, 0.717) is 35.0 Å². The van der Waals surface area contributed by atoms with E-state index in [9.17, 15) is 9.59 Å². The van der Waals surface area contributed by atoms with Gasteiger partial charge >= 0.3 is 0 Å². The fraction of sp³-hybridized carbons (Fsp3) is 0.429. The zero-order valence-electron chi connectivity index (χ0n) is 17.9. The minimum atomic E-state index is -0.169. The van der Waals surface area contributed by atoms with Crippen LogP contribution in [0.15, 0.2) is 34.2 Å². The van der Waals surface area contributed by atoms with E-state index in [1.807, 2.05) is 52.0 Å². The van der Waals surface area contributed by atoms with Crippen LogP contribution in [0.4, 0.5) is 0 Å². The van der Waals surface area contributed by atoms with Crippen LogP contribution in [-0.4, -0.2) is 44.1 Å². The molecule has 1 amide bonds. The molecular weight excluding hydrogens is 402 g/mol. The first-order chi connectivity index (χ1) is 14.3. The molecule has 0 bridgehead atoms. The van der Waals surface area contributed by atoms with Crippen LogP contribution in [0.25, 0.3) is 11.0 Å². The number of amides is 1. The molecule has 3 rings (SSSR count). The standard InChI is InChI=1S/C21H27N5O3S/c1-6-26-19-18(14(4)24-26)23-21(30-12-17(27)22-13(2)3)25(20(19)28)11-15-8-7-9-16(10-15)29-5/h7-10,13H,6,11-12H2,1-5H3,(H,22,27). The van der Waals surface area contributed by atoms with Gasteiger partial charge in [-0.05, 0) is 45.4 Å². The Balaban J connectivity index is 2.07. The quantitative estimate of drug-likeness (QED) is 0.437. The number of carbonyl (C=O) groups is 1. The van der Waals surface area contributed by atoms with Gasteiger partial charge in [0.2, 0.25) is 5.91 Å². The Morgan fingerprint density at radius 2 is 2.10 bits per heavy atom. The first-order valence-corrected chi connectivity index (χ1v) is 10.9. The van der Waals surface area contributed by atoms with E-state index in [0.717, 1.165) is 11.3 Å². The van der Waals surface area contributed by atoms with Crippen molar-refractivity contribution >= 4 is 28.7 Å². The van der Waals surface area contributed by atoms with E-state index in [-0.39, 0.29) is 23.3 Å². The summed E-state index contributed by atoms with van der Waals surface area (Å²) >= 11 is 1.25. The third-order valence-corrected chi connectivity index (χ3v) is 5.51. The van der Waals surface area contributed by atoms with E-state index in [2.05, 4.69) is 10.4 Å². The van der Waals surface area contributed by atoms with Crippen molar-refractivity contribution < 1.29 is 9.53 Å². The molecule has 0 fully saturated rings. The molecular formula is C21H27N5O3S. The molecule has 1 aromatic carbocycles. The van der Waals surface area contributed by atoms with Crippen LogP contribution in [-0.2, 0) is 17.9 Å². The molecule has 0 aliphatic heterocycles. The van der Waals surface area contributed by atoms with Crippen LogP contribution in [0.3, 0.4) is 0 Å². The summed E-state index contributed by atoms with van der Waals surface area (Å²) in [4.78, 5) is 30.3. The highest BCUT2D eigenvalue weighted by molar-refractivity contribution is 7.99. The number of nitrogens with zero attached hydrogens (tertiary/aromatic N) is 4. The molecule has 0 spiro atoms. The van der Waals surface area contributed by atoms with Gasteiger partial charge in [-0.15, -0.1) is 0 Å². The fourth-order valence-corrected chi connectivity index (χ4v) is 4.02. The lowest BCUT2D eigenvalue weighted by atomic mass is 10.2. The summed E-state index contributed by atoms with van der Waals surface area (Å²) in [6.45, 7) is 8.50. The number of aryl methyl sites for hydroxylation is 2. The number of carbonyl (C=O) groups excluding carboxylic acids is 1. The average Bonchev–Trinajstić information content (AvgIpc) is 3.04. The predicted octanol–water partition coefficient (Wildman–Crippen LogP) is 2.59. The van der Waals surface area contributed by atoms with Gasteiger partial charge in [0.05, 0.1) is 25.1 Å².